The molecule has 23 heavy (non-hydrogen) atoms. The zero-order chi connectivity index (χ0) is 16.8. The summed E-state index contributed by atoms with van der Waals surface area (Å²) < 4.78 is 0. The van der Waals surface area contributed by atoms with Crippen LogP contribution in [0.2, 0.25) is 0 Å². The van der Waals surface area contributed by atoms with E-state index < -0.39 is 5.91 Å². The smallest absolute Gasteiger partial charge is 0.267 e. The summed E-state index contributed by atoms with van der Waals surface area (Å²) in [6.45, 7) is 1.91. The minimum Gasteiger partial charge on any atom is -0.506 e. The fourth-order valence-corrected chi connectivity index (χ4v) is 1.88. The summed E-state index contributed by atoms with van der Waals surface area (Å²) in [5.74, 6) is -0.707. The number of benzene rings is 2. The maximum Gasteiger partial charge on any atom is 0.267 e. The van der Waals surface area contributed by atoms with Crippen LogP contribution in [0.1, 0.15) is 5.56 Å². The van der Waals surface area contributed by atoms with Gasteiger partial charge in [-0.2, -0.15) is 5.26 Å². The van der Waals surface area contributed by atoms with Crippen molar-refractivity contribution in [1.82, 2.24) is 0 Å². The molecule has 0 saturated carbocycles. The molecule has 0 aliphatic carbocycles. The van der Waals surface area contributed by atoms with Gasteiger partial charge in [0.1, 0.15) is 17.4 Å². The van der Waals surface area contributed by atoms with Crippen LogP contribution in [0.5, 0.6) is 5.75 Å². The molecule has 2 aromatic rings. The number of amides is 1. The van der Waals surface area contributed by atoms with Crippen LogP contribution >= 0.6 is 0 Å². The van der Waals surface area contributed by atoms with Crippen LogP contribution in [0, 0.1) is 18.3 Å². The van der Waals surface area contributed by atoms with Crippen LogP contribution in [-0.2, 0) is 4.79 Å². The number of nitriles is 1. The number of rotatable bonds is 4. The maximum absolute atomic E-state index is 12.1. The third-order valence-corrected chi connectivity index (χ3v) is 3.10. The Morgan fingerprint density at radius 3 is 2.65 bits per heavy atom. The van der Waals surface area contributed by atoms with E-state index >= 15 is 0 Å². The maximum atomic E-state index is 12.1. The van der Waals surface area contributed by atoms with Crippen LogP contribution in [0.3, 0.4) is 0 Å². The van der Waals surface area contributed by atoms with Gasteiger partial charge in [0.2, 0.25) is 0 Å². The van der Waals surface area contributed by atoms with Gasteiger partial charge < -0.3 is 21.5 Å². The van der Waals surface area contributed by atoms with E-state index in [9.17, 15) is 9.90 Å². The van der Waals surface area contributed by atoms with E-state index in [4.69, 9.17) is 11.0 Å². The number of nitrogens with two attached hydrogens (primary N) is 1. The molecule has 2 rings (SSSR count). The third kappa shape index (κ3) is 4.02. The molecule has 0 radical (unpaired) electrons. The van der Waals surface area contributed by atoms with E-state index in [-0.39, 0.29) is 17.0 Å². The van der Waals surface area contributed by atoms with E-state index in [1.165, 1.54) is 18.3 Å². The van der Waals surface area contributed by atoms with Gasteiger partial charge in [-0.3, -0.25) is 4.79 Å². The number of phenolic OH excluding ortho intramolecular Hbond substituents is 1. The molecule has 6 heteroatoms. The van der Waals surface area contributed by atoms with Gasteiger partial charge in [-0.15, -0.1) is 0 Å². The van der Waals surface area contributed by atoms with Crippen LogP contribution < -0.4 is 16.4 Å². The summed E-state index contributed by atoms with van der Waals surface area (Å²) in [6.07, 6.45) is 1.27. The molecule has 0 bridgehead atoms. The van der Waals surface area contributed by atoms with Crippen molar-refractivity contribution in [3.8, 4) is 11.8 Å². The summed E-state index contributed by atoms with van der Waals surface area (Å²) >= 11 is 0. The largest absolute Gasteiger partial charge is 0.506 e. The second-order valence-electron chi connectivity index (χ2n) is 4.88. The summed E-state index contributed by atoms with van der Waals surface area (Å²) in [4.78, 5) is 12.1. The molecule has 0 aliphatic heterocycles. The number of nitrogen functional groups attached to an aromatic ring is 1. The number of anilines is 3. The SMILES string of the molecule is Cc1ccc(N/C=C(/C#N)C(=O)Nc2ccccc2O)c(N)c1. The molecule has 6 nitrogen and oxygen atoms in total. The zero-order valence-electron chi connectivity index (χ0n) is 12.5. The van der Waals surface area contributed by atoms with E-state index in [1.807, 2.05) is 13.0 Å². The van der Waals surface area contributed by atoms with Crippen molar-refractivity contribution in [2.24, 2.45) is 0 Å². The van der Waals surface area contributed by atoms with Crippen molar-refractivity contribution in [2.45, 2.75) is 6.92 Å². The van der Waals surface area contributed by atoms with Crippen LogP contribution in [0.4, 0.5) is 17.1 Å². The Balaban J connectivity index is 2.14. The molecule has 5 N–H and O–H groups in total. The molecule has 116 valence electrons. The molecule has 0 fully saturated rings. The monoisotopic (exact) mass is 308 g/mol. The molecule has 0 heterocycles. The lowest BCUT2D eigenvalue weighted by Crippen LogP contribution is -2.14. The van der Waals surface area contributed by atoms with Gasteiger partial charge in [-0.05, 0) is 36.8 Å². The van der Waals surface area contributed by atoms with Crippen LogP contribution in [0.15, 0.2) is 54.2 Å². The lowest BCUT2D eigenvalue weighted by molar-refractivity contribution is -0.112. The molecule has 1 amide bonds. The fraction of sp³-hybridized carbons (Fsp3) is 0.0588. The minimum atomic E-state index is -0.632. The van der Waals surface area contributed by atoms with Gasteiger partial charge in [0, 0.05) is 6.20 Å². The Morgan fingerprint density at radius 2 is 2.00 bits per heavy atom. The standard InChI is InChI=1S/C17H16N4O2/c1-11-6-7-14(13(19)8-11)20-10-12(9-18)17(23)21-15-4-2-3-5-16(15)22/h2-8,10,20,22H,19H2,1H3,(H,21,23)/b12-10-. The number of carbonyl (C=O) groups is 1. The molecule has 0 spiro atoms. The number of hydrogen-bond acceptors (Lipinski definition) is 5. The molecule has 2 aromatic carbocycles. The minimum absolute atomic E-state index is 0.0751. The van der Waals surface area contributed by atoms with Gasteiger partial charge in [0.05, 0.1) is 17.1 Å². The van der Waals surface area contributed by atoms with Gasteiger partial charge >= 0.3 is 0 Å². The Kier molecular flexibility index (Phi) is 4.85. The Hall–Kier alpha value is -3.46. The number of hydrogen-bond donors (Lipinski definition) is 4. The number of aryl methyl sites for hydroxylation is 1. The number of aromatic hydroxyl groups is 1. The van der Waals surface area contributed by atoms with Crippen LogP contribution in [-0.4, -0.2) is 11.0 Å². The predicted molar refractivity (Wildman–Crippen MR) is 89.6 cm³/mol. The number of nitrogens with zero attached hydrogens (tertiary/aromatic N) is 1. The second-order valence-corrected chi connectivity index (χ2v) is 4.88. The normalized spacial score (nSPS) is 10.7. The molecule has 0 saturated heterocycles. The van der Waals surface area contributed by atoms with Gasteiger partial charge in [-0.25, -0.2) is 0 Å². The first-order valence-electron chi connectivity index (χ1n) is 6.83. The highest BCUT2D eigenvalue weighted by Gasteiger charge is 2.11. The van der Waals surface area contributed by atoms with Gasteiger partial charge in [0.15, 0.2) is 0 Å². The number of phenols is 1. The second kappa shape index (κ2) is 7.00. The van der Waals surface area contributed by atoms with Crippen molar-refractivity contribution < 1.29 is 9.90 Å². The predicted octanol–water partition coefficient (Wildman–Crippen LogP) is 2.74. The van der Waals surface area contributed by atoms with Crippen molar-refractivity contribution >= 4 is 23.0 Å². The van der Waals surface area contributed by atoms with Crippen molar-refractivity contribution in [3.05, 3.63) is 59.8 Å². The topological polar surface area (TPSA) is 111 Å². The first-order valence-corrected chi connectivity index (χ1v) is 6.83. The molecule has 0 atom stereocenters. The molecule has 0 aliphatic rings. The first kappa shape index (κ1) is 15.9. The highest BCUT2D eigenvalue weighted by molar-refractivity contribution is 6.07. The Labute approximate surface area is 133 Å². The fourth-order valence-electron chi connectivity index (χ4n) is 1.88. The average molecular weight is 308 g/mol. The molecule has 0 unspecified atom stereocenters. The highest BCUT2D eigenvalue weighted by Crippen LogP contribution is 2.22. The van der Waals surface area contributed by atoms with E-state index in [1.54, 1.807) is 30.3 Å². The summed E-state index contributed by atoms with van der Waals surface area (Å²) in [7, 11) is 0. The third-order valence-electron chi connectivity index (χ3n) is 3.10. The highest BCUT2D eigenvalue weighted by atomic mass is 16.3. The lowest BCUT2D eigenvalue weighted by atomic mass is 10.2. The summed E-state index contributed by atoms with van der Waals surface area (Å²) in [5, 5.41) is 24.1. The number of nitrogens with one attached hydrogen (secondary N) is 2. The molecular weight excluding hydrogens is 292 g/mol. The zero-order valence-corrected chi connectivity index (χ0v) is 12.5. The van der Waals surface area contributed by atoms with Crippen molar-refractivity contribution in [1.29, 1.82) is 5.26 Å². The van der Waals surface area contributed by atoms with Crippen LogP contribution in [0.25, 0.3) is 0 Å². The van der Waals surface area contributed by atoms with E-state index in [0.717, 1.165) is 5.56 Å². The average Bonchev–Trinajstić information content (AvgIpc) is 2.52. The Morgan fingerprint density at radius 1 is 1.26 bits per heavy atom. The lowest BCUT2D eigenvalue weighted by Gasteiger charge is -2.08. The quantitative estimate of drug-likeness (QED) is 0.300. The summed E-state index contributed by atoms with van der Waals surface area (Å²) in [5.41, 5.74) is 8.06. The molecular formula is C17H16N4O2. The Bertz CT molecular complexity index is 806. The number of para-hydroxylation sites is 2. The van der Waals surface area contributed by atoms with E-state index in [2.05, 4.69) is 10.6 Å². The van der Waals surface area contributed by atoms with Crippen molar-refractivity contribution in [3.63, 3.8) is 0 Å². The first-order chi connectivity index (χ1) is 11.0. The van der Waals surface area contributed by atoms with E-state index in [0.29, 0.717) is 11.4 Å². The molecule has 0 aromatic heterocycles. The number of carbonyl (C=O) groups excluding carboxylic acids is 1. The van der Waals surface area contributed by atoms with Gasteiger partial charge in [-0.1, -0.05) is 18.2 Å². The van der Waals surface area contributed by atoms with Crippen molar-refractivity contribution in [2.75, 3.05) is 16.4 Å². The van der Waals surface area contributed by atoms with Gasteiger partial charge in [0.25, 0.3) is 5.91 Å². The summed E-state index contributed by atoms with van der Waals surface area (Å²) in [6, 6.07) is 13.5.